The van der Waals surface area contributed by atoms with Gasteiger partial charge in [0.2, 0.25) is 0 Å². The minimum atomic E-state index is 0.556. The van der Waals surface area contributed by atoms with Crippen molar-refractivity contribution < 1.29 is 0 Å². The Balaban J connectivity index is 0. The fourth-order valence-corrected chi connectivity index (χ4v) is 0.533. The van der Waals surface area contributed by atoms with Crippen LogP contribution in [0.4, 0.5) is 0 Å². The molecule has 0 fully saturated rings. The van der Waals surface area contributed by atoms with Gasteiger partial charge in [0.15, 0.2) is 0 Å². The van der Waals surface area contributed by atoms with Crippen molar-refractivity contribution in [2.24, 2.45) is 0 Å². The van der Waals surface area contributed by atoms with Crippen molar-refractivity contribution in [1.29, 1.82) is 0 Å². The van der Waals surface area contributed by atoms with E-state index in [1.165, 1.54) is 19.3 Å². The molecule has 0 spiro atoms. The van der Waals surface area contributed by atoms with E-state index >= 15 is 0 Å². The van der Waals surface area contributed by atoms with Gasteiger partial charge in [-0.2, -0.15) is 0 Å². The maximum atomic E-state index is 5.38. The van der Waals surface area contributed by atoms with Crippen molar-refractivity contribution in [3.63, 3.8) is 0 Å². The Kier molecular flexibility index (Phi) is 20.9. The Labute approximate surface area is 74.2 Å². The number of allylic oxidation sites excluding steroid dienone is 1. The standard InChI is InChI=1S/C5H11Cl.C3H5Cl/c1-2-3-4-5-6;1-2-3-4/h2-5H2,1H3;2H,1,3H2. The molecular formula is C8H16Cl2. The normalized spacial score (nSPS) is 7.90. The average Bonchev–Trinajstić information content (AvgIpc) is 2.01. The van der Waals surface area contributed by atoms with E-state index in [9.17, 15) is 0 Å². The monoisotopic (exact) mass is 182 g/mol. The third kappa shape index (κ3) is 23.9. The number of alkyl halides is 2. The molecule has 0 saturated heterocycles. The smallest absolute Gasteiger partial charge is 0.0401 e. The lowest BCUT2D eigenvalue weighted by Crippen LogP contribution is -1.70. The van der Waals surface area contributed by atoms with Gasteiger partial charge >= 0.3 is 0 Å². The van der Waals surface area contributed by atoms with E-state index in [0.717, 1.165) is 5.88 Å². The highest BCUT2D eigenvalue weighted by Crippen LogP contribution is 1.93. The van der Waals surface area contributed by atoms with E-state index < -0.39 is 0 Å². The molecule has 0 amide bonds. The van der Waals surface area contributed by atoms with Crippen molar-refractivity contribution in [2.45, 2.75) is 26.2 Å². The van der Waals surface area contributed by atoms with Crippen molar-refractivity contribution >= 4 is 23.2 Å². The lowest BCUT2D eigenvalue weighted by Gasteiger charge is -1.84. The second kappa shape index (κ2) is 16.2. The lowest BCUT2D eigenvalue weighted by molar-refractivity contribution is 0.776. The van der Waals surface area contributed by atoms with Gasteiger partial charge in [0.25, 0.3) is 0 Å². The maximum absolute atomic E-state index is 5.38. The second-order valence-electron chi connectivity index (χ2n) is 1.84. The SMILES string of the molecule is C=CCCl.CCCCCCl. The summed E-state index contributed by atoms with van der Waals surface area (Å²) in [7, 11) is 0. The summed E-state index contributed by atoms with van der Waals surface area (Å²) < 4.78 is 0. The van der Waals surface area contributed by atoms with Gasteiger partial charge in [-0.05, 0) is 6.42 Å². The summed E-state index contributed by atoms with van der Waals surface area (Å²) in [5, 5.41) is 0. The fourth-order valence-electron chi connectivity index (χ4n) is 0.344. The van der Waals surface area contributed by atoms with Crippen LogP contribution in [-0.4, -0.2) is 11.8 Å². The molecule has 0 rings (SSSR count). The molecule has 0 radical (unpaired) electrons. The molecule has 0 aliphatic carbocycles. The highest BCUT2D eigenvalue weighted by Gasteiger charge is 1.76. The quantitative estimate of drug-likeness (QED) is 0.353. The minimum absolute atomic E-state index is 0.556. The first-order chi connectivity index (χ1) is 4.83. The zero-order valence-corrected chi connectivity index (χ0v) is 8.09. The first-order valence-corrected chi connectivity index (χ1v) is 4.63. The van der Waals surface area contributed by atoms with Gasteiger partial charge in [-0.25, -0.2) is 0 Å². The molecule has 62 valence electrons. The van der Waals surface area contributed by atoms with Crippen molar-refractivity contribution in [3.8, 4) is 0 Å². The van der Waals surface area contributed by atoms with Crippen LogP contribution in [0.5, 0.6) is 0 Å². The van der Waals surface area contributed by atoms with Crippen LogP contribution in [-0.2, 0) is 0 Å². The predicted molar refractivity (Wildman–Crippen MR) is 51.2 cm³/mol. The molecule has 0 heterocycles. The van der Waals surface area contributed by atoms with E-state index in [4.69, 9.17) is 23.2 Å². The van der Waals surface area contributed by atoms with Gasteiger partial charge in [-0.1, -0.05) is 25.8 Å². The molecular weight excluding hydrogens is 167 g/mol. The Morgan fingerprint density at radius 1 is 1.30 bits per heavy atom. The molecule has 0 aliphatic heterocycles. The molecule has 0 aromatic rings. The fraction of sp³-hybridized carbons (Fsp3) is 0.750. The summed E-state index contributed by atoms with van der Waals surface area (Å²) in [5.74, 6) is 1.38. The van der Waals surface area contributed by atoms with Gasteiger partial charge in [0.05, 0.1) is 0 Å². The van der Waals surface area contributed by atoms with Gasteiger partial charge in [0, 0.05) is 11.8 Å². The number of hydrogen-bond donors (Lipinski definition) is 0. The Morgan fingerprint density at radius 2 is 1.80 bits per heavy atom. The minimum Gasteiger partial charge on any atom is -0.127 e. The highest BCUT2D eigenvalue weighted by molar-refractivity contribution is 6.18. The van der Waals surface area contributed by atoms with Gasteiger partial charge in [0.1, 0.15) is 0 Å². The van der Waals surface area contributed by atoms with E-state index in [1.54, 1.807) is 6.08 Å². The molecule has 0 nitrogen and oxygen atoms in total. The summed E-state index contributed by atoms with van der Waals surface area (Å²) in [6.07, 6.45) is 5.37. The molecule has 10 heavy (non-hydrogen) atoms. The van der Waals surface area contributed by atoms with E-state index in [0.29, 0.717) is 5.88 Å². The first-order valence-electron chi connectivity index (χ1n) is 3.56. The van der Waals surface area contributed by atoms with E-state index in [2.05, 4.69) is 13.5 Å². The number of halogens is 2. The molecule has 0 atom stereocenters. The summed E-state index contributed by atoms with van der Waals surface area (Å²) >= 11 is 10.4. The number of unbranched alkanes of at least 4 members (excludes halogenated alkanes) is 2. The molecule has 0 N–H and O–H groups in total. The van der Waals surface area contributed by atoms with Crippen LogP contribution in [0, 0.1) is 0 Å². The third-order valence-electron chi connectivity index (χ3n) is 0.846. The molecule has 0 aliphatic rings. The molecule has 0 aromatic carbocycles. The van der Waals surface area contributed by atoms with Crippen LogP contribution in [0.2, 0.25) is 0 Å². The summed E-state index contributed by atoms with van der Waals surface area (Å²) in [6, 6.07) is 0. The average molecular weight is 183 g/mol. The largest absolute Gasteiger partial charge is 0.127 e. The summed E-state index contributed by atoms with van der Waals surface area (Å²) in [6.45, 7) is 5.52. The van der Waals surface area contributed by atoms with Crippen LogP contribution in [0.15, 0.2) is 12.7 Å². The van der Waals surface area contributed by atoms with Crippen LogP contribution in [0.1, 0.15) is 26.2 Å². The Bertz CT molecular complexity index is 49.2. The molecule has 0 aromatic heterocycles. The van der Waals surface area contributed by atoms with Crippen molar-refractivity contribution in [3.05, 3.63) is 12.7 Å². The van der Waals surface area contributed by atoms with Crippen LogP contribution >= 0.6 is 23.2 Å². The van der Waals surface area contributed by atoms with Crippen molar-refractivity contribution in [2.75, 3.05) is 11.8 Å². The van der Waals surface area contributed by atoms with Gasteiger partial charge < -0.3 is 0 Å². The molecule has 0 unspecified atom stereocenters. The van der Waals surface area contributed by atoms with Gasteiger partial charge in [-0.15, -0.1) is 29.8 Å². The number of rotatable bonds is 4. The summed E-state index contributed by atoms with van der Waals surface area (Å²) in [4.78, 5) is 0. The van der Waals surface area contributed by atoms with Crippen LogP contribution < -0.4 is 0 Å². The first kappa shape index (κ1) is 12.9. The third-order valence-corrected chi connectivity index (χ3v) is 1.33. The van der Waals surface area contributed by atoms with E-state index in [1.807, 2.05) is 0 Å². The van der Waals surface area contributed by atoms with Crippen LogP contribution in [0.3, 0.4) is 0 Å². The van der Waals surface area contributed by atoms with Gasteiger partial charge in [-0.3, -0.25) is 0 Å². The second-order valence-corrected chi connectivity index (χ2v) is 2.53. The lowest BCUT2D eigenvalue weighted by atomic mass is 10.3. The molecule has 0 saturated carbocycles. The zero-order valence-electron chi connectivity index (χ0n) is 6.58. The highest BCUT2D eigenvalue weighted by atomic mass is 35.5. The summed E-state index contributed by atoms with van der Waals surface area (Å²) in [5.41, 5.74) is 0. The zero-order chi connectivity index (χ0) is 8.24. The Hall–Kier alpha value is 0.320. The molecule has 2 heteroatoms. The number of hydrogen-bond acceptors (Lipinski definition) is 0. The predicted octanol–water partition coefficient (Wildman–Crippen LogP) is 3.83. The Morgan fingerprint density at radius 3 is 1.90 bits per heavy atom. The molecule has 0 bridgehead atoms. The van der Waals surface area contributed by atoms with Crippen molar-refractivity contribution in [1.82, 2.24) is 0 Å². The van der Waals surface area contributed by atoms with E-state index in [-0.39, 0.29) is 0 Å². The maximum Gasteiger partial charge on any atom is 0.0401 e. The van der Waals surface area contributed by atoms with Crippen LogP contribution in [0.25, 0.3) is 0 Å². The topological polar surface area (TPSA) is 0 Å².